The Hall–Kier alpha value is -3.35. The number of anilines is 2. The lowest BCUT2D eigenvalue weighted by Gasteiger charge is -2.12. The number of nitrogens with one attached hydrogen (secondary N) is 2. The molecule has 3 rings (SSSR count). The van der Waals surface area contributed by atoms with Gasteiger partial charge in [-0.2, -0.15) is 0 Å². The molecular formula is C21H23FN4O2. The van der Waals surface area contributed by atoms with Crippen LogP contribution in [0.3, 0.4) is 0 Å². The van der Waals surface area contributed by atoms with Gasteiger partial charge in [-0.15, -0.1) is 0 Å². The second kappa shape index (κ2) is 9.03. The molecule has 146 valence electrons. The molecule has 2 aromatic carbocycles. The minimum atomic E-state index is -0.247. The first kappa shape index (κ1) is 19.4. The lowest BCUT2D eigenvalue weighted by molar-refractivity contribution is 0.354. The second-order valence-electron chi connectivity index (χ2n) is 6.21. The molecule has 0 aliphatic rings. The summed E-state index contributed by atoms with van der Waals surface area (Å²) < 4.78 is 23.6. The highest BCUT2D eigenvalue weighted by Gasteiger charge is 2.06. The summed E-state index contributed by atoms with van der Waals surface area (Å²) in [6, 6.07) is 14.0. The normalized spacial score (nSPS) is 10.4. The number of aromatic nitrogens is 2. The Bertz CT molecular complexity index is 932. The van der Waals surface area contributed by atoms with Crippen molar-refractivity contribution in [2.45, 2.75) is 20.0 Å². The van der Waals surface area contributed by atoms with Gasteiger partial charge in [-0.3, -0.25) is 0 Å². The summed E-state index contributed by atoms with van der Waals surface area (Å²) in [6.07, 6.45) is 0. The van der Waals surface area contributed by atoms with Crippen LogP contribution in [-0.2, 0) is 13.1 Å². The third-order valence-corrected chi connectivity index (χ3v) is 4.15. The zero-order valence-corrected chi connectivity index (χ0v) is 16.1. The molecule has 28 heavy (non-hydrogen) atoms. The summed E-state index contributed by atoms with van der Waals surface area (Å²) in [4.78, 5) is 8.82. The van der Waals surface area contributed by atoms with E-state index in [1.807, 2.05) is 31.2 Å². The van der Waals surface area contributed by atoms with Crippen molar-refractivity contribution >= 4 is 11.6 Å². The number of ether oxygens (including phenoxy) is 2. The number of hydrogen-bond donors (Lipinski definition) is 2. The summed E-state index contributed by atoms with van der Waals surface area (Å²) in [5, 5.41) is 6.54. The van der Waals surface area contributed by atoms with Crippen molar-refractivity contribution in [3.8, 4) is 11.5 Å². The molecule has 0 spiro atoms. The van der Waals surface area contributed by atoms with Crippen molar-refractivity contribution in [2.75, 3.05) is 24.9 Å². The first-order valence-corrected chi connectivity index (χ1v) is 8.86. The number of methoxy groups -OCH3 is 2. The van der Waals surface area contributed by atoms with Gasteiger partial charge in [0.1, 0.15) is 23.3 Å². The summed E-state index contributed by atoms with van der Waals surface area (Å²) in [7, 11) is 3.22. The first-order chi connectivity index (χ1) is 13.6. The van der Waals surface area contributed by atoms with Gasteiger partial charge in [0.05, 0.1) is 14.2 Å². The molecule has 1 aromatic heterocycles. The van der Waals surface area contributed by atoms with Gasteiger partial charge >= 0.3 is 0 Å². The van der Waals surface area contributed by atoms with E-state index < -0.39 is 0 Å². The maximum Gasteiger partial charge on any atom is 0.161 e. The molecule has 0 unspecified atom stereocenters. The highest BCUT2D eigenvalue weighted by molar-refractivity contribution is 5.49. The summed E-state index contributed by atoms with van der Waals surface area (Å²) in [5.41, 5.74) is 2.01. The van der Waals surface area contributed by atoms with Crippen molar-refractivity contribution in [1.82, 2.24) is 9.97 Å². The molecule has 0 saturated heterocycles. The fourth-order valence-electron chi connectivity index (χ4n) is 2.73. The molecule has 1 heterocycles. The second-order valence-corrected chi connectivity index (χ2v) is 6.21. The lowest BCUT2D eigenvalue weighted by atomic mass is 10.2. The van der Waals surface area contributed by atoms with Gasteiger partial charge in [0.15, 0.2) is 11.5 Å². The van der Waals surface area contributed by atoms with Crippen LogP contribution in [-0.4, -0.2) is 24.2 Å². The van der Waals surface area contributed by atoms with E-state index in [0.29, 0.717) is 42.0 Å². The fraction of sp³-hybridized carbons (Fsp3) is 0.238. The number of benzene rings is 2. The number of hydrogen-bond acceptors (Lipinski definition) is 6. The number of rotatable bonds is 8. The van der Waals surface area contributed by atoms with E-state index in [1.54, 1.807) is 26.4 Å². The lowest BCUT2D eigenvalue weighted by Crippen LogP contribution is -2.07. The number of halogens is 1. The Morgan fingerprint density at radius 2 is 1.36 bits per heavy atom. The van der Waals surface area contributed by atoms with Gasteiger partial charge in [0.25, 0.3) is 0 Å². The number of aryl methyl sites for hydroxylation is 1. The molecule has 2 N–H and O–H groups in total. The molecular weight excluding hydrogens is 359 g/mol. The summed E-state index contributed by atoms with van der Waals surface area (Å²) >= 11 is 0. The van der Waals surface area contributed by atoms with Crippen LogP contribution < -0.4 is 20.1 Å². The van der Waals surface area contributed by atoms with Crippen LogP contribution in [0.25, 0.3) is 0 Å². The van der Waals surface area contributed by atoms with Gasteiger partial charge in [-0.1, -0.05) is 18.2 Å². The van der Waals surface area contributed by atoms with Crippen LogP contribution in [0.4, 0.5) is 16.0 Å². The maximum atomic E-state index is 13.0. The van der Waals surface area contributed by atoms with E-state index in [0.717, 1.165) is 11.1 Å². The zero-order chi connectivity index (χ0) is 19.9. The van der Waals surface area contributed by atoms with E-state index in [9.17, 15) is 4.39 Å². The topological polar surface area (TPSA) is 68.3 Å². The summed E-state index contributed by atoms with van der Waals surface area (Å²) in [6.45, 7) is 2.96. The fourth-order valence-corrected chi connectivity index (χ4v) is 2.73. The van der Waals surface area contributed by atoms with Crippen LogP contribution in [0.5, 0.6) is 11.5 Å². The van der Waals surface area contributed by atoms with Crippen LogP contribution in [0.15, 0.2) is 48.5 Å². The standard InChI is InChI=1S/C21H23FN4O2/c1-14-25-20(23-12-15-4-7-17(22)8-5-15)11-21(26-14)24-13-16-6-9-18(27-2)19(10-16)28-3/h4-11H,12-13H2,1-3H3,(H2,23,24,25,26). The van der Waals surface area contributed by atoms with Gasteiger partial charge < -0.3 is 20.1 Å². The molecule has 0 fully saturated rings. The molecule has 0 bridgehead atoms. The SMILES string of the molecule is COc1ccc(CNc2cc(NCc3ccc(F)cc3)nc(C)n2)cc1OC. The van der Waals surface area contributed by atoms with Crippen LogP contribution in [0, 0.1) is 12.7 Å². The Labute approximate surface area is 163 Å². The highest BCUT2D eigenvalue weighted by Crippen LogP contribution is 2.27. The molecule has 0 saturated carbocycles. The van der Waals surface area contributed by atoms with Crippen LogP contribution >= 0.6 is 0 Å². The predicted molar refractivity (Wildman–Crippen MR) is 107 cm³/mol. The number of nitrogens with zero attached hydrogens (tertiary/aromatic N) is 2. The van der Waals surface area contributed by atoms with Gasteiger partial charge in [-0.05, 0) is 42.3 Å². The molecule has 0 atom stereocenters. The Morgan fingerprint density at radius 3 is 1.96 bits per heavy atom. The van der Waals surface area contributed by atoms with Crippen molar-refractivity contribution < 1.29 is 13.9 Å². The third kappa shape index (κ3) is 5.09. The average Bonchev–Trinajstić information content (AvgIpc) is 2.71. The van der Waals surface area contributed by atoms with E-state index in [1.165, 1.54) is 12.1 Å². The van der Waals surface area contributed by atoms with Crippen molar-refractivity contribution in [3.05, 3.63) is 71.3 Å². The zero-order valence-electron chi connectivity index (χ0n) is 16.1. The smallest absolute Gasteiger partial charge is 0.161 e. The van der Waals surface area contributed by atoms with E-state index in [2.05, 4.69) is 20.6 Å². The van der Waals surface area contributed by atoms with E-state index in [4.69, 9.17) is 9.47 Å². The third-order valence-electron chi connectivity index (χ3n) is 4.15. The monoisotopic (exact) mass is 382 g/mol. The molecule has 0 aliphatic heterocycles. The van der Waals surface area contributed by atoms with Gasteiger partial charge in [0.2, 0.25) is 0 Å². The van der Waals surface area contributed by atoms with E-state index >= 15 is 0 Å². The van der Waals surface area contributed by atoms with Gasteiger partial charge in [-0.25, -0.2) is 14.4 Å². The minimum Gasteiger partial charge on any atom is -0.493 e. The Kier molecular flexibility index (Phi) is 6.26. The van der Waals surface area contributed by atoms with Crippen LogP contribution in [0.2, 0.25) is 0 Å². The van der Waals surface area contributed by atoms with Gasteiger partial charge in [0, 0.05) is 19.2 Å². The van der Waals surface area contributed by atoms with Crippen molar-refractivity contribution in [2.24, 2.45) is 0 Å². The van der Waals surface area contributed by atoms with Crippen LogP contribution in [0.1, 0.15) is 17.0 Å². The highest BCUT2D eigenvalue weighted by atomic mass is 19.1. The Morgan fingerprint density at radius 1 is 0.786 bits per heavy atom. The first-order valence-electron chi connectivity index (χ1n) is 8.86. The molecule has 3 aromatic rings. The molecule has 0 amide bonds. The molecule has 0 aliphatic carbocycles. The predicted octanol–water partition coefficient (Wildman–Crippen LogP) is 4.17. The van der Waals surface area contributed by atoms with Crippen molar-refractivity contribution in [1.29, 1.82) is 0 Å². The largest absolute Gasteiger partial charge is 0.493 e. The maximum absolute atomic E-state index is 13.0. The Balaban J connectivity index is 1.65. The van der Waals surface area contributed by atoms with E-state index in [-0.39, 0.29) is 5.82 Å². The molecule has 7 heteroatoms. The minimum absolute atomic E-state index is 0.247. The van der Waals surface area contributed by atoms with Crippen molar-refractivity contribution in [3.63, 3.8) is 0 Å². The average molecular weight is 382 g/mol. The molecule has 6 nitrogen and oxygen atoms in total. The quantitative estimate of drug-likeness (QED) is 0.610. The molecule has 0 radical (unpaired) electrons. The summed E-state index contributed by atoms with van der Waals surface area (Å²) in [5.74, 6) is 3.19.